The fourth-order valence-corrected chi connectivity index (χ4v) is 1.49. The smallest absolute Gasteiger partial charge is 0.00888 e. The third kappa shape index (κ3) is 13.5. The highest BCUT2D eigenvalue weighted by Crippen LogP contribution is 2.11. The molecule has 0 saturated carbocycles. The van der Waals surface area contributed by atoms with E-state index in [-0.39, 0.29) is 0 Å². The SMILES string of the molecule is C=CCCCCC#CCCCCC(=C)Br. The highest BCUT2D eigenvalue weighted by Gasteiger charge is 1.88. The number of rotatable bonds is 8. The Bertz CT molecular complexity index is 229. The molecule has 0 unspecified atom stereocenters. The third-order valence-electron chi connectivity index (χ3n) is 2.08. The summed E-state index contributed by atoms with van der Waals surface area (Å²) in [5.41, 5.74) is 0. The minimum atomic E-state index is 1.03. The lowest BCUT2D eigenvalue weighted by Crippen LogP contribution is -1.76. The molecule has 0 atom stereocenters. The van der Waals surface area contributed by atoms with Crippen molar-refractivity contribution in [2.24, 2.45) is 0 Å². The van der Waals surface area contributed by atoms with Crippen molar-refractivity contribution in [3.8, 4) is 11.8 Å². The number of unbranched alkanes of at least 4 members (excludes halogenated alkanes) is 5. The lowest BCUT2D eigenvalue weighted by Gasteiger charge is -1.94. The molecule has 0 spiro atoms. The van der Waals surface area contributed by atoms with Crippen molar-refractivity contribution in [1.29, 1.82) is 0 Å². The molecule has 0 aromatic heterocycles. The highest BCUT2D eigenvalue weighted by molar-refractivity contribution is 9.11. The second kappa shape index (κ2) is 11.6. The molecule has 0 aliphatic carbocycles. The van der Waals surface area contributed by atoms with Crippen LogP contribution in [0.2, 0.25) is 0 Å². The number of allylic oxidation sites excluding steroid dienone is 2. The molecule has 0 heterocycles. The first-order valence-electron chi connectivity index (χ1n) is 5.67. The lowest BCUT2D eigenvalue weighted by molar-refractivity contribution is 0.761. The second-order valence-corrected chi connectivity index (χ2v) is 4.73. The summed E-state index contributed by atoms with van der Waals surface area (Å²) in [6.45, 7) is 7.50. The molecular formula is C14H21Br. The van der Waals surface area contributed by atoms with Gasteiger partial charge in [-0.1, -0.05) is 28.6 Å². The van der Waals surface area contributed by atoms with Crippen molar-refractivity contribution in [1.82, 2.24) is 0 Å². The maximum absolute atomic E-state index is 3.80. The van der Waals surface area contributed by atoms with Gasteiger partial charge in [0.1, 0.15) is 0 Å². The molecule has 0 aromatic carbocycles. The molecule has 0 radical (unpaired) electrons. The Morgan fingerprint density at radius 3 is 2.20 bits per heavy atom. The van der Waals surface area contributed by atoms with Gasteiger partial charge in [-0.15, -0.1) is 18.4 Å². The summed E-state index contributed by atoms with van der Waals surface area (Å²) in [5.74, 6) is 6.43. The van der Waals surface area contributed by atoms with Crippen molar-refractivity contribution in [2.45, 2.75) is 51.4 Å². The van der Waals surface area contributed by atoms with E-state index in [0.29, 0.717) is 0 Å². The Kier molecular flexibility index (Phi) is 11.2. The van der Waals surface area contributed by atoms with Gasteiger partial charge in [0.25, 0.3) is 0 Å². The quantitative estimate of drug-likeness (QED) is 0.322. The van der Waals surface area contributed by atoms with Gasteiger partial charge in [-0.05, 0) is 43.0 Å². The van der Waals surface area contributed by atoms with Crippen LogP contribution in [0.3, 0.4) is 0 Å². The Morgan fingerprint density at radius 2 is 1.67 bits per heavy atom. The fraction of sp³-hybridized carbons (Fsp3) is 0.571. The third-order valence-corrected chi connectivity index (χ3v) is 2.48. The summed E-state index contributed by atoms with van der Waals surface area (Å²) in [5, 5.41) is 0. The summed E-state index contributed by atoms with van der Waals surface area (Å²) >= 11 is 3.35. The first kappa shape index (κ1) is 14.5. The van der Waals surface area contributed by atoms with E-state index in [2.05, 4.69) is 40.9 Å². The minimum Gasteiger partial charge on any atom is -0.103 e. The van der Waals surface area contributed by atoms with Crippen molar-refractivity contribution in [2.75, 3.05) is 0 Å². The molecule has 15 heavy (non-hydrogen) atoms. The van der Waals surface area contributed by atoms with E-state index < -0.39 is 0 Å². The molecule has 84 valence electrons. The maximum Gasteiger partial charge on any atom is 0.00888 e. The van der Waals surface area contributed by atoms with Gasteiger partial charge in [0.15, 0.2) is 0 Å². The monoisotopic (exact) mass is 268 g/mol. The molecule has 0 rings (SSSR count). The van der Waals surface area contributed by atoms with Gasteiger partial charge in [-0.3, -0.25) is 0 Å². The first-order valence-corrected chi connectivity index (χ1v) is 6.46. The van der Waals surface area contributed by atoms with Crippen molar-refractivity contribution < 1.29 is 0 Å². The molecule has 0 fully saturated rings. The van der Waals surface area contributed by atoms with Gasteiger partial charge in [0.05, 0.1) is 0 Å². The van der Waals surface area contributed by atoms with Crippen LogP contribution in [0.5, 0.6) is 0 Å². The molecule has 0 aromatic rings. The van der Waals surface area contributed by atoms with Gasteiger partial charge >= 0.3 is 0 Å². The first-order chi connectivity index (χ1) is 7.27. The second-order valence-electron chi connectivity index (χ2n) is 3.61. The molecule has 0 nitrogen and oxygen atoms in total. The van der Waals surface area contributed by atoms with E-state index in [9.17, 15) is 0 Å². The Morgan fingerprint density at radius 1 is 1.07 bits per heavy atom. The summed E-state index contributed by atoms with van der Waals surface area (Å²) in [4.78, 5) is 0. The zero-order valence-corrected chi connectivity index (χ0v) is 11.1. The molecule has 1 heteroatoms. The summed E-state index contributed by atoms with van der Waals surface area (Å²) in [7, 11) is 0. The topological polar surface area (TPSA) is 0 Å². The largest absolute Gasteiger partial charge is 0.103 e. The lowest BCUT2D eigenvalue weighted by atomic mass is 10.1. The van der Waals surface area contributed by atoms with Gasteiger partial charge < -0.3 is 0 Å². The minimum absolute atomic E-state index is 1.03. The van der Waals surface area contributed by atoms with E-state index in [1.165, 1.54) is 25.7 Å². The van der Waals surface area contributed by atoms with Crippen LogP contribution in [0.15, 0.2) is 23.7 Å². The van der Waals surface area contributed by atoms with Crippen LogP contribution in [-0.2, 0) is 0 Å². The van der Waals surface area contributed by atoms with Crippen molar-refractivity contribution in [3.05, 3.63) is 23.7 Å². The normalized spacial score (nSPS) is 9.13. The Balaban J connectivity index is 3.16. The van der Waals surface area contributed by atoms with Gasteiger partial charge in [0.2, 0.25) is 0 Å². The van der Waals surface area contributed by atoms with E-state index in [0.717, 1.165) is 30.2 Å². The van der Waals surface area contributed by atoms with Crippen LogP contribution in [0.25, 0.3) is 0 Å². The van der Waals surface area contributed by atoms with Crippen molar-refractivity contribution in [3.63, 3.8) is 0 Å². The molecule has 0 aliphatic heterocycles. The van der Waals surface area contributed by atoms with Crippen LogP contribution in [0, 0.1) is 11.8 Å². The highest BCUT2D eigenvalue weighted by atomic mass is 79.9. The zero-order chi connectivity index (χ0) is 11.4. The van der Waals surface area contributed by atoms with Crippen LogP contribution in [0.1, 0.15) is 51.4 Å². The van der Waals surface area contributed by atoms with Crippen LogP contribution >= 0.6 is 15.9 Å². The van der Waals surface area contributed by atoms with Gasteiger partial charge in [0, 0.05) is 12.8 Å². The molecule has 0 bridgehead atoms. The Hall–Kier alpha value is -0.480. The summed E-state index contributed by atoms with van der Waals surface area (Å²) in [6.07, 6.45) is 11.0. The zero-order valence-electron chi connectivity index (χ0n) is 9.53. The Labute approximate surface area is 103 Å². The number of hydrogen-bond donors (Lipinski definition) is 0. The number of halogens is 1. The maximum atomic E-state index is 3.80. The van der Waals surface area contributed by atoms with E-state index in [1.54, 1.807) is 0 Å². The molecular weight excluding hydrogens is 248 g/mol. The van der Waals surface area contributed by atoms with Crippen LogP contribution in [-0.4, -0.2) is 0 Å². The molecule has 0 N–H and O–H groups in total. The summed E-state index contributed by atoms with van der Waals surface area (Å²) < 4.78 is 1.10. The average molecular weight is 269 g/mol. The van der Waals surface area contributed by atoms with Gasteiger partial charge in [-0.2, -0.15) is 0 Å². The van der Waals surface area contributed by atoms with E-state index in [4.69, 9.17) is 0 Å². The predicted molar refractivity (Wildman–Crippen MR) is 73.0 cm³/mol. The van der Waals surface area contributed by atoms with Gasteiger partial charge in [-0.25, -0.2) is 0 Å². The molecule has 0 saturated heterocycles. The van der Waals surface area contributed by atoms with Crippen LogP contribution in [0.4, 0.5) is 0 Å². The molecule has 0 amide bonds. The molecule has 0 aliphatic rings. The van der Waals surface area contributed by atoms with Crippen molar-refractivity contribution >= 4 is 15.9 Å². The standard InChI is InChI=1S/C14H21Br/c1-3-4-5-6-7-8-9-10-11-12-13-14(2)15/h3H,1-2,4-7,10-13H2. The fourth-order valence-electron chi connectivity index (χ4n) is 1.21. The number of hydrogen-bond acceptors (Lipinski definition) is 0. The predicted octanol–water partition coefficient (Wildman–Crippen LogP) is 5.21. The van der Waals surface area contributed by atoms with Crippen LogP contribution < -0.4 is 0 Å². The van der Waals surface area contributed by atoms with E-state index in [1.807, 2.05) is 6.08 Å². The summed E-state index contributed by atoms with van der Waals surface area (Å²) in [6, 6.07) is 0. The van der Waals surface area contributed by atoms with E-state index >= 15 is 0 Å². The average Bonchev–Trinajstić information content (AvgIpc) is 2.20.